The fraction of sp³-hybridized carbons (Fsp3) is 0.625. The molecule has 1 aliphatic rings. The molecule has 0 spiro atoms. The summed E-state index contributed by atoms with van der Waals surface area (Å²) >= 11 is 0. The lowest BCUT2D eigenvalue weighted by molar-refractivity contribution is -0.119. The maximum atomic E-state index is 11.2. The van der Waals surface area contributed by atoms with E-state index in [0.29, 0.717) is 25.7 Å². The molecule has 0 aromatic carbocycles. The molecule has 0 heterocycles. The number of rotatable bonds is 11. The maximum Gasteiger partial charge on any atom is 0.132 e. The van der Waals surface area contributed by atoms with Crippen molar-refractivity contribution in [3.63, 3.8) is 0 Å². The number of hydrogen-bond acceptors (Lipinski definition) is 4. The molecule has 0 radical (unpaired) electrons. The number of aliphatic hydroxyl groups is 3. The number of carbonyl (C=O) groups excluding carboxylic acids is 1. The van der Waals surface area contributed by atoms with Crippen molar-refractivity contribution in [3.8, 4) is 0 Å². The average Bonchev–Trinajstić information content (AvgIpc) is 2.66. The van der Waals surface area contributed by atoms with Crippen LogP contribution in [0.25, 0.3) is 0 Å². The van der Waals surface area contributed by atoms with Gasteiger partial charge in [-0.3, -0.25) is 4.79 Å². The highest BCUT2D eigenvalue weighted by atomic mass is 16.3. The standard InChI is InChI=1S/C24H38O4/c1-2-21(25)15-14-17-23(27)22(26)16-10-6-3-4-7-11-18-24(28)19-12-8-5-9-13-20-24/h3-4,6-7,10-11,16,18,22-23,26-28H,2,5,8-9,12-15,17,19-20H2,1H3/b6-3+,7-4-,16-10+,18-11+/t22-,23+/m1/s1. The summed E-state index contributed by atoms with van der Waals surface area (Å²) in [6.07, 6.45) is 22.1. The van der Waals surface area contributed by atoms with Crippen LogP contribution in [0.1, 0.15) is 77.6 Å². The minimum Gasteiger partial charge on any atom is -0.390 e. The Hall–Kier alpha value is -1.49. The van der Waals surface area contributed by atoms with Gasteiger partial charge in [0.15, 0.2) is 0 Å². The summed E-state index contributed by atoms with van der Waals surface area (Å²) in [5.41, 5.74) is -0.670. The Morgan fingerprint density at radius 3 is 2.14 bits per heavy atom. The zero-order chi connectivity index (χ0) is 20.7. The smallest absolute Gasteiger partial charge is 0.132 e. The van der Waals surface area contributed by atoms with Crippen LogP contribution in [-0.2, 0) is 4.79 Å². The van der Waals surface area contributed by atoms with Crippen LogP contribution >= 0.6 is 0 Å². The maximum absolute atomic E-state index is 11.2. The lowest BCUT2D eigenvalue weighted by Crippen LogP contribution is -2.26. The Morgan fingerprint density at radius 2 is 1.50 bits per heavy atom. The van der Waals surface area contributed by atoms with Crippen molar-refractivity contribution < 1.29 is 20.1 Å². The molecule has 1 aliphatic carbocycles. The molecule has 1 rings (SSSR count). The second-order valence-corrected chi connectivity index (χ2v) is 7.73. The van der Waals surface area contributed by atoms with Gasteiger partial charge in [0.25, 0.3) is 0 Å². The van der Waals surface area contributed by atoms with Crippen LogP contribution in [0, 0.1) is 0 Å². The van der Waals surface area contributed by atoms with E-state index >= 15 is 0 Å². The highest BCUT2D eigenvalue weighted by molar-refractivity contribution is 5.77. The number of carbonyl (C=O) groups is 1. The molecule has 158 valence electrons. The molecule has 0 unspecified atom stereocenters. The number of allylic oxidation sites excluding steroid dienone is 6. The van der Waals surface area contributed by atoms with Crippen LogP contribution in [0.15, 0.2) is 48.6 Å². The van der Waals surface area contributed by atoms with Crippen LogP contribution < -0.4 is 0 Å². The van der Waals surface area contributed by atoms with Crippen LogP contribution in [0.2, 0.25) is 0 Å². The van der Waals surface area contributed by atoms with Crippen LogP contribution in [0.3, 0.4) is 0 Å². The monoisotopic (exact) mass is 390 g/mol. The first-order valence-corrected chi connectivity index (χ1v) is 10.8. The molecule has 0 saturated heterocycles. The first-order chi connectivity index (χ1) is 13.5. The zero-order valence-corrected chi connectivity index (χ0v) is 17.3. The molecule has 3 N–H and O–H groups in total. The van der Waals surface area contributed by atoms with E-state index < -0.39 is 17.8 Å². The summed E-state index contributed by atoms with van der Waals surface area (Å²) in [5.74, 6) is 0.183. The first-order valence-electron chi connectivity index (χ1n) is 10.8. The van der Waals surface area contributed by atoms with Crippen molar-refractivity contribution in [1.29, 1.82) is 0 Å². The second kappa shape index (κ2) is 14.5. The predicted molar refractivity (Wildman–Crippen MR) is 115 cm³/mol. The van der Waals surface area contributed by atoms with E-state index in [1.165, 1.54) is 19.3 Å². The molecule has 2 atom stereocenters. The van der Waals surface area contributed by atoms with E-state index in [4.69, 9.17) is 0 Å². The van der Waals surface area contributed by atoms with Gasteiger partial charge in [-0.1, -0.05) is 87.6 Å². The van der Waals surface area contributed by atoms with E-state index in [0.717, 1.165) is 25.7 Å². The van der Waals surface area contributed by atoms with Crippen molar-refractivity contribution in [3.05, 3.63) is 48.6 Å². The Morgan fingerprint density at radius 1 is 0.929 bits per heavy atom. The van der Waals surface area contributed by atoms with Gasteiger partial charge in [0, 0.05) is 12.8 Å². The van der Waals surface area contributed by atoms with Gasteiger partial charge >= 0.3 is 0 Å². The summed E-state index contributed by atoms with van der Waals surface area (Å²) in [6, 6.07) is 0. The molecule has 4 nitrogen and oxygen atoms in total. The summed E-state index contributed by atoms with van der Waals surface area (Å²) in [7, 11) is 0. The molecular weight excluding hydrogens is 352 g/mol. The summed E-state index contributed by atoms with van der Waals surface area (Å²) in [4.78, 5) is 11.2. The third-order valence-electron chi connectivity index (χ3n) is 5.23. The molecule has 1 fully saturated rings. The molecule has 0 bridgehead atoms. The van der Waals surface area contributed by atoms with Gasteiger partial charge in [-0.2, -0.15) is 0 Å². The van der Waals surface area contributed by atoms with Gasteiger partial charge in [-0.05, 0) is 25.7 Å². The second-order valence-electron chi connectivity index (χ2n) is 7.73. The minimum atomic E-state index is -0.932. The van der Waals surface area contributed by atoms with Gasteiger partial charge < -0.3 is 15.3 Å². The van der Waals surface area contributed by atoms with E-state index in [1.54, 1.807) is 18.2 Å². The molecular formula is C24H38O4. The quantitative estimate of drug-likeness (QED) is 0.452. The number of aliphatic hydroxyl groups excluding tert-OH is 2. The van der Waals surface area contributed by atoms with Gasteiger partial charge in [-0.25, -0.2) is 0 Å². The summed E-state index contributed by atoms with van der Waals surface area (Å²) in [5, 5.41) is 30.4. The van der Waals surface area contributed by atoms with E-state index in [1.807, 2.05) is 37.3 Å². The van der Waals surface area contributed by atoms with Gasteiger partial charge in [-0.15, -0.1) is 0 Å². The van der Waals surface area contributed by atoms with Gasteiger partial charge in [0.2, 0.25) is 0 Å². The van der Waals surface area contributed by atoms with Crippen molar-refractivity contribution in [1.82, 2.24) is 0 Å². The van der Waals surface area contributed by atoms with Crippen LogP contribution in [0.4, 0.5) is 0 Å². The van der Waals surface area contributed by atoms with E-state index in [-0.39, 0.29) is 5.78 Å². The van der Waals surface area contributed by atoms with Crippen molar-refractivity contribution in [2.45, 2.75) is 95.4 Å². The highest BCUT2D eigenvalue weighted by Gasteiger charge is 2.23. The SMILES string of the molecule is CCC(=O)CCC[C@H](O)[C@H](O)/C=C/C=C/C=C\C=C\C1(O)CCCCCCC1. The zero-order valence-electron chi connectivity index (χ0n) is 17.3. The van der Waals surface area contributed by atoms with Crippen LogP contribution in [0.5, 0.6) is 0 Å². The minimum absolute atomic E-state index is 0.183. The fourth-order valence-electron chi connectivity index (χ4n) is 3.34. The molecule has 4 heteroatoms. The summed E-state index contributed by atoms with van der Waals surface area (Å²) < 4.78 is 0. The van der Waals surface area contributed by atoms with Crippen LogP contribution in [-0.4, -0.2) is 38.9 Å². The van der Waals surface area contributed by atoms with E-state index in [2.05, 4.69) is 0 Å². The van der Waals surface area contributed by atoms with Gasteiger partial charge in [0.1, 0.15) is 5.78 Å². The normalized spacial score (nSPS) is 20.7. The first kappa shape index (κ1) is 24.5. The lowest BCUT2D eigenvalue weighted by atomic mass is 9.87. The number of Topliss-reactive ketones (excluding diaryl/α,β-unsaturated/α-hetero) is 1. The molecule has 0 amide bonds. The van der Waals surface area contributed by atoms with Gasteiger partial charge in [0.05, 0.1) is 17.8 Å². The average molecular weight is 391 g/mol. The molecule has 1 saturated carbocycles. The predicted octanol–water partition coefficient (Wildman–Crippen LogP) is 4.56. The third kappa shape index (κ3) is 11.4. The molecule has 0 aromatic heterocycles. The van der Waals surface area contributed by atoms with Crippen molar-refractivity contribution >= 4 is 5.78 Å². The Kier molecular flexibility index (Phi) is 12.7. The largest absolute Gasteiger partial charge is 0.390 e. The highest BCUT2D eigenvalue weighted by Crippen LogP contribution is 2.27. The number of hydrogen-bond donors (Lipinski definition) is 3. The number of ketones is 1. The summed E-state index contributed by atoms with van der Waals surface area (Å²) in [6.45, 7) is 1.83. The fourth-order valence-corrected chi connectivity index (χ4v) is 3.34. The molecule has 0 aromatic rings. The topological polar surface area (TPSA) is 77.8 Å². The van der Waals surface area contributed by atoms with E-state index in [9.17, 15) is 20.1 Å². The molecule has 0 aliphatic heterocycles. The molecule has 28 heavy (non-hydrogen) atoms. The van der Waals surface area contributed by atoms with Crippen molar-refractivity contribution in [2.24, 2.45) is 0 Å². The van der Waals surface area contributed by atoms with Crippen molar-refractivity contribution in [2.75, 3.05) is 0 Å². The third-order valence-corrected chi connectivity index (χ3v) is 5.23. The Bertz CT molecular complexity index is 537. The Balaban J connectivity index is 2.30. The Labute approximate surface area is 170 Å². The lowest BCUT2D eigenvalue weighted by Gasteiger charge is -2.26.